The minimum atomic E-state index is -0.133. The van der Waals surface area contributed by atoms with Gasteiger partial charge in [-0.15, -0.1) is 11.3 Å². The van der Waals surface area contributed by atoms with Gasteiger partial charge in [-0.25, -0.2) is 4.98 Å². The fourth-order valence-electron chi connectivity index (χ4n) is 2.40. The number of pyridine rings is 1. The molecule has 0 bridgehead atoms. The van der Waals surface area contributed by atoms with Gasteiger partial charge in [0.25, 0.3) is 5.91 Å². The van der Waals surface area contributed by atoms with Crippen LogP contribution in [0.25, 0.3) is 21.1 Å². The molecule has 0 aliphatic rings. The Morgan fingerprint density at radius 1 is 1.00 bits per heavy atom. The van der Waals surface area contributed by atoms with E-state index < -0.39 is 0 Å². The van der Waals surface area contributed by atoms with E-state index in [1.165, 1.54) is 11.3 Å². The van der Waals surface area contributed by atoms with Gasteiger partial charge in [-0.3, -0.25) is 9.78 Å². The van der Waals surface area contributed by atoms with Crippen LogP contribution in [0.1, 0.15) is 10.4 Å². The summed E-state index contributed by atoms with van der Waals surface area (Å²) in [7, 11) is 0. The first kappa shape index (κ1) is 12.9. The number of carbonyl (C=O) groups excluding carboxylic acids is 1. The summed E-state index contributed by atoms with van der Waals surface area (Å²) in [5.41, 5.74) is 4.94. The van der Waals surface area contributed by atoms with E-state index in [9.17, 15) is 4.79 Å². The summed E-state index contributed by atoms with van der Waals surface area (Å²) in [4.78, 5) is 21.0. The van der Waals surface area contributed by atoms with E-state index in [4.69, 9.17) is 0 Å². The standard InChI is InChI=1S/C17H11N3OS/c21-17(11-6-7-15-16(9-11)22-10-19-15)20-14-5-1-4-13-12(14)3-2-8-18-13/h1-10H,(H,20,21). The molecule has 0 atom stereocenters. The molecule has 1 N–H and O–H groups in total. The number of aromatic nitrogens is 2. The molecule has 0 aliphatic heterocycles. The number of thiazole rings is 1. The van der Waals surface area contributed by atoms with Crippen LogP contribution in [0.3, 0.4) is 0 Å². The van der Waals surface area contributed by atoms with E-state index in [2.05, 4.69) is 15.3 Å². The van der Waals surface area contributed by atoms with Crippen LogP contribution in [-0.2, 0) is 0 Å². The first-order valence-electron chi connectivity index (χ1n) is 6.79. The number of fused-ring (bicyclic) bond motifs is 2. The summed E-state index contributed by atoms with van der Waals surface area (Å²) >= 11 is 1.53. The number of anilines is 1. The summed E-state index contributed by atoms with van der Waals surface area (Å²) in [6.07, 6.45) is 1.74. The number of nitrogens with zero attached hydrogens (tertiary/aromatic N) is 2. The van der Waals surface area contributed by atoms with Gasteiger partial charge < -0.3 is 5.32 Å². The van der Waals surface area contributed by atoms with Crippen LogP contribution in [0.15, 0.2) is 60.2 Å². The number of amides is 1. The zero-order valence-corrected chi connectivity index (χ0v) is 12.3. The molecule has 22 heavy (non-hydrogen) atoms. The van der Waals surface area contributed by atoms with E-state index in [0.29, 0.717) is 5.56 Å². The Labute approximate surface area is 130 Å². The van der Waals surface area contributed by atoms with Crippen LogP contribution in [0.2, 0.25) is 0 Å². The molecule has 4 aromatic rings. The van der Waals surface area contributed by atoms with Crippen molar-refractivity contribution < 1.29 is 4.79 Å². The van der Waals surface area contributed by atoms with Crippen molar-refractivity contribution in [3.8, 4) is 0 Å². The first-order chi connectivity index (χ1) is 10.8. The predicted molar refractivity (Wildman–Crippen MR) is 89.3 cm³/mol. The minimum absolute atomic E-state index is 0.133. The van der Waals surface area contributed by atoms with Crippen LogP contribution >= 0.6 is 11.3 Å². The lowest BCUT2D eigenvalue weighted by atomic mass is 10.1. The van der Waals surface area contributed by atoms with Crippen LogP contribution in [-0.4, -0.2) is 15.9 Å². The van der Waals surface area contributed by atoms with Gasteiger partial charge in [0, 0.05) is 17.1 Å². The van der Waals surface area contributed by atoms with Gasteiger partial charge in [-0.05, 0) is 42.5 Å². The van der Waals surface area contributed by atoms with Crippen molar-refractivity contribution >= 4 is 44.1 Å². The molecular formula is C17H11N3OS. The van der Waals surface area contributed by atoms with Crippen LogP contribution in [0.4, 0.5) is 5.69 Å². The van der Waals surface area contributed by atoms with Gasteiger partial charge in [0.15, 0.2) is 0 Å². The maximum atomic E-state index is 12.5. The second-order valence-electron chi connectivity index (χ2n) is 4.86. The van der Waals surface area contributed by atoms with Gasteiger partial charge in [0.2, 0.25) is 0 Å². The molecular weight excluding hydrogens is 294 g/mol. The van der Waals surface area contributed by atoms with Gasteiger partial charge in [0.1, 0.15) is 0 Å². The number of nitrogens with one attached hydrogen (secondary N) is 1. The third kappa shape index (κ3) is 2.21. The van der Waals surface area contributed by atoms with Gasteiger partial charge >= 0.3 is 0 Å². The normalized spacial score (nSPS) is 10.9. The summed E-state index contributed by atoms with van der Waals surface area (Å²) in [5, 5.41) is 3.89. The lowest BCUT2D eigenvalue weighted by Gasteiger charge is -2.08. The minimum Gasteiger partial charge on any atom is -0.321 e. The largest absolute Gasteiger partial charge is 0.321 e. The smallest absolute Gasteiger partial charge is 0.255 e. The molecule has 0 spiro atoms. The van der Waals surface area contributed by atoms with Gasteiger partial charge in [-0.2, -0.15) is 0 Å². The molecule has 4 rings (SSSR count). The molecule has 0 fully saturated rings. The van der Waals surface area contributed by atoms with Crippen LogP contribution in [0, 0.1) is 0 Å². The van der Waals surface area contributed by atoms with Crippen molar-refractivity contribution in [1.29, 1.82) is 0 Å². The molecule has 0 aliphatic carbocycles. The molecule has 4 nitrogen and oxygen atoms in total. The van der Waals surface area contributed by atoms with Crippen molar-refractivity contribution in [2.75, 3.05) is 5.32 Å². The third-order valence-electron chi connectivity index (χ3n) is 3.49. The van der Waals surface area contributed by atoms with Crippen molar-refractivity contribution in [2.45, 2.75) is 0 Å². The monoisotopic (exact) mass is 305 g/mol. The first-order valence-corrected chi connectivity index (χ1v) is 7.67. The highest BCUT2D eigenvalue weighted by atomic mass is 32.1. The molecule has 0 radical (unpaired) electrons. The average Bonchev–Trinajstić information content (AvgIpc) is 3.02. The zero-order chi connectivity index (χ0) is 14.9. The van der Waals surface area contributed by atoms with E-state index in [1.807, 2.05) is 42.5 Å². The molecule has 2 aromatic heterocycles. The van der Waals surface area contributed by atoms with Crippen molar-refractivity contribution in [3.63, 3.8) is 0 Å². The second-order valence-corrected chi connectivity index (χ2v) is 5.75. The number of benzene rings is 2. The van der Waals surface area contributed by atoms with Crippen LogP contribution < -0.4 is 5.32 Å². The fourth-order valence-corrected chi connectivity index (χ4v) is 3.12. The number of rotatable bonds is 2. The molecule has 2 heterocycles. The highest BCUT2D eigenvalue weighted by Gasteiger charge is 2.10. The number of hydrogen-bond donors (Lipinski definition) is 1. The fraction of sp³-hybridized carbons (Fsp3) is 0. The van der Waals surface area contributed by atoms with E-state index in [0.717, 1.165) is 26.8 Å². The summed E-state index contributed by atoms with van der Waals surface area (Å²) in [6, 6.07) is 15.0. The zero-order valence-electron chi connectivity index (χ0n) is 11.5. The highest BCUT2D eigenvalue weighted by molar-refractivity contribution is 7.16. The SMILES string of the molecule is O=C(Nc1cccc2ncccc12)c1ccc2ncsc2c1. The Hall–Kier alpha value is -2.79. The van der Waals surface area contributed by atoms with Crippen molar-refractivity contribution in [2.24, 2.45) is 0 Å². The summed E-state index contributed by atoms with van der Waals surface area (Å²) in [6.45, 7) is 0. The van der Waals surface area contributed by atoms with E-state index >= 15 is 0 Å². The quantitative estimate of drug-likeness (QED) is 0.606. The average molecular weight is 305 g/mol. The van der Waals surface area contributed by atoms with Crippen LogP contribution in [0.5, 0.6) is 0 Å². The molecule has 1 amide bonds. The summed E-state index contributed by atoms with van der Waals surface area (Å²) in [5.74, 6) is -0.133. The summed E-state index contributed by atoms with van der Waals surface area (Å²) < 4.78 is 1.01. The third-order valence-corrected chi connectivity index (χ3v) is 4.28. The maximum absolute atomic E-state index is 12.5. The Kier molecular flexibility index (Phi) is 3.05. The Morgan fingerprint density at radius 2 is 1.95 bits per heavy atom. The second kappa shape index (κ2) is 5.20. The number of carbonyl (C=O) groups is 1. The highest BCUT2D eigenvalue weighted by Crippen LogP contribution is 2.23. The molecule has 106 valence electrons. The van der Waals surface area contributed by atoms with E-state index in [-0.39, 0.29) is 5.91 Å². The predicted octanol–water partition coefficient (Wildman–Crippen LogP) is 4.10. The maximum Gasteiger partial charge on any atom is 0.255 e. The Balaban J connectivity index is 1.71. The lowest BCUT2D eigenvalue weighted by Crippen LogP contribution is -2.12. The molecule has 5 heteroatoms. The Bertz CT molecular complexity index is 988. The van der Waals surface area contributed by atoms with E-state index in [1.54, 1.807) is 17.8 Å². The Morgan fingerprint density at radius 3 is 2.91 bits per heavy atom. The molecule has 0 unspecified atom stereocenters. The van der Waals surface area contributed by atoms with Gasteiger partial charge in [0.05, 0.1) is 26.9 Å². The molecule has 0 saturated carbocycles. The number of hydrogen-bond acceptors (Lipinski definition) is 4. The van der Waals surface area contributed by atoms with Crippen molar-refractivity contribution in [3.05, 3.63) is 65.8 Å². The molecule has 0 saturated heterocycles. The molecule has 2 aromatic carbocycles. The lowest BCUT2D eigenvalue weighted by molar-refractivity contribution is 0.102. The van der Waals surface area contributed by atoms with Crippen molar-refractivity contribution in [1.82, 2.24) is 9.97 Å². The topological polar surface area (TPSA) is 54.9 Å². The van der Waals surface area contributed by atoms with Gasteiger partial charge in [-0.1, -0.05) is 6.07 Å².